The normalized spacial score (nSPS) is 10.4. The highest BCUT2D eigenvalue weighted by Gasteiger charge is 2.02. The molecule has 84 valence electrons. The van der Waals surface area contributed by atoms with Gasteiger partial charge in [0.15, 0.2) is 5.76 Å². The van der Waals surface area contributed by atoms with E-state index in [0.29, 0.717) is 23.8 Å². The molecule has 0 amide bonds. The molecule has 0 saturated carbocycles. The lowest BCUT2D eigenvalue weighted by Crippen LogP contribution is -1.95. The van der Waals surface area contributed by atoms with Crippen molar-refractivity contribution in [2.75, 3.05) is 0 Å². The molecule has 1 N–H and O–H groups in total. The molecule has 16 heavy (non-hydrogen) atoms. The number of rotatable bonds is 4. The van der Waals surface area contributed by atoms with Gasteiger partial charge in [0.1, 0.15) is 12.4 Å². The summed E-state index contributed by atoms with van der Waals surface area (Å²) in [6.07, 6.45) is 1.56. The van der Waals surface area contributed by atoms with Gasteiger partial charge >= 0.3 is 0 Å². The minimum atomic E-state index is -0.0679. The Kier molecular flexibility index (Phi) is 3.16. The Morgan fingerprint density at radius 3 is 2.88 bits per heavy atom. The van der Waals surface area contributed by atoms with Gasteiger partial charge in [-0.05, 0) is 19.1 Å². The summed E-state index contributed by atoms with van der Waals surface area (Å²) in [6, 6.07) is 5.28. The van der Waals surface area contributed by atoms with Crippen LogP contribution in [-0.2, 0) is 13.2 Å². The molecule has 0 saturated heterocycles. The number of ether oxygens (including phenoxy) is 1. The summed E-state index contributed by atoms with van der Waals surface area (Å²) in [4.78, 5) is 3.99. The molecule has 0 unspecified atom stereocenters. The molecule has 0 spiro atoms. The highest BCUT2D eigenvalue weighted by Crippen LogP contribution is 2.12. The monoisotopic (exact) mass is 220 g/mol. The average Bonchev–Trinajstić information content (AvgIpc) is 2.73. The lowest BCUT2D eigenvalue weighted by molar-refractivity contribution is 0.247. The van der Waals surface area contributed by atoms with Crippen molar-refractivity contribution in [1.29, 1.82) is 0 Å². The number of pyridine rings is 1. The predicted molar refractivity (Wildman–Crippen MR) is 55.7 cm³/mol. The third-order valence-electron chi connectivity index (χ3n) is 2.02. The van der Waals surface area contributed by atoms with E-state index in [4.69, 9.17) is 14.4 Å². The first-order chi connectivity index (χ1) is 7.78. The van der Waals surface area contributed by atoms with Gasteiger partial charge < -0.3 is 14.4 Å². The van der Waals surface area contributed by atoms with Gasteiger partial charge in [-0.2, -0.15) is 0 Å². The molecule has 5 nitrogen and oxygen atoms in total. The Hall–Kier alpha value is -1.88. The van der Waals surface area contributed by atoms with Crippen LogP contribution < -0.4 is 4.74 Å². The van der Waals surface area contributed by atoms with E-state index in [9.17, 15) is 0 Å². The molecule has 2 heterocycles. The van der Waals surface area contributed by atoms with Crippen LogP contribution >= 0.6 is 0 Å². The maximum absolute atomic E-state index is 8.81. The van der Waals surface area contributed by atoms with Crippen LogP contribution in [0.25, 0.3) is 0 Å². The Morgan fingerprint density at radius 1 is 1.44 bits per heavy atom. The lowest BCUT2D eigenvalue weighted by atomic mass is 10.3. The summed E-state index contributed by atoms with van der Waals surface area (Å²) in [7, 11) is 0. The maximum atomic E-state index is 8.81. The zero-order valence-electron chi connectivity index (χ0n) is 8.88. The smallest absolute Gasteiger partial charge is 0.174 e. The summed E-state index contributed by atoms with van der Waals surface area (Å²) < 4.78 is 10.4. The second-order valence-corrected chi connectivity index (χ2v) is 3.37. The number of aromatic nitrogens is 2. The van der Waals surface area contributed by atoms with Gasteiger partial charge in [-0.3, -0.25) is 4.98 Å². The SMILES string of the molecule is Cc1cc(COc2ccc(CO)nc2)on1. The summed E-state index contributed by atoms with van der Waals surface area (Å²) in [5.74, 6) is 1.30. The number of aliphatic hydroxyl groups excluding tert-OH is 1. The van der Waals surface area contributed by atoms with Crippen LogP contribution in [0.15, 0.2) is 28.9 Å². The van der Waals surface area contributed by atoms with E-state index in [1.165, 1.54) is 0 Å². The van der Waals surface area contributed by atoms with Gasteiger partial charge in [0, 0.05) is 6.07 Å². The molecule has 0 fully saturated rings. The highest BCUT2D eigenvalue weighted by atomic mass is 16.5. The molecule has 0 radical (unpaired) electrons. The summed E-state index contributed by atoms with van der Waals surface area (Å²) in [5, 5.41) is 12.6. The zero-order chi connectivity index (χ0) is 11.4. The first kappa shape index (κ1) is 10.6. The van der Waals surface area contributed by atoms with Crippen LogP contribution in [-0.4, -0.2) is 15.2 Å². The summed E-state index contributed by atoms with van der Waals surface area (Å²) in [6.45, 7) is 2.10. The van der Waals surface area contributed by atoms with Gasteiger partial charge in [-0.25, -0.2) is 0 Å². The van der Waals surface area contributed by atoms with E-state index in [2.05, 4.69) is 10.1 Å². The third kappa shape index (κ3) is 2.58. The molecule has 2 aromatic heterocycles. The third-order valence-corrected chi connectivity index (χ3v) is 2.02. The maximum Gasteiger partial charge on any atom is 0.174 e. The second kappa shape index (κ2) is 4.76. The quantitative estimate of drug-likeness (QED) is 0.844. The Morgan fingerprint density at radius 2 is 2.31 bits per heavy atom. The minimum Gasteiger partial charge on any atom is -0.484 e. The molecule has 0 aliphatic carbocycles. The molecule has 0 bridgehead atoms. The first-order valence-corrected chi connectivity index (χ1v) is 4.88. The predicted octanol–water partition coefficient (Wildman–Crippen LogP) is 1.45. The van der Waals surface area contributed by atoms with Gasteiger partial charge in [0.2, 0.25) is 0 Å². The molecular weight excluding hydrogens is 208 g/mol. The standard InChI is InChI=1S/C11H12N2O3/c1-8-4-11(16-13-8)7-15-10-3-2-9(6-14)12-5-10/h2-5,14H,6-7H2,1H3. The average molecular weight is 220 g/mol. The van der Waals surface area contributed by atoms with Crippen molar-refractivity contribution >= 4 is 0 Å². The van der Waals surface area contributed by atoms with Crippen molar-refractivity contribution in [3.63, 3.8) is 0 Å². The van der Waals surface area contributed by atoms with E-state index < -0.39 is 0 Å². The molecule has 2 aromatic rings. The van der Waals surface area contributed by atoms with Crippen LogP contribution in [0.3, 0.4) is 0 Å². The molecular formula is C11H12N2O3. The number of nitrogens with zero attached hydrogens (tertiary/aromatic N) is 2. The van der Waals surface area contributed by atoms with Crippen molar-refractivity contribution in [3.05, 3.63) is 41.5 Å². The first-order valence-electron chi connectivity index (χ1n) is 4.88. The zero-order valence-corrected chi connectivity index (χ0v) is 8.88. The van der Waals surface area contributed by atoms with Crippen LogP contribution in [0, 0.1) is 6.92 Å². The van der Waals surface area contributed by atoms with E-state index in [1.54, 1.807) is 18.3 Å². The molecule has 0 atom stereocenters. The number of aryl methyl sites for hydroxylation is 1. The minimum absolute atomic E-state index is 0.0679. The van der Waals surface area contributed by atoms with Crippen molar-refractivity contribution < 1.29 is 14.4 Å². The number of aliphatic hydroxyl groups is 1. The van der Waals surface area contributed by atoms with E-state index >= 15 is 0 Å². The van der Waals surface area contributed by atoms with E-state index in [1.807, 2.05) is 13.0 Å². The van der Waals surface area contributed by atoms with Crippen LogP contribution in [0.1, 0.15) is 17.1 Å². The fourth-order valence-electron chi connectivity index (χ4n) is 1.23. The van der Waals surface area contributed by atoms with Gasteiger partial charge in [-0.1, -0.05) is 5.16 Å². The molecule has 0 aliphatic heterocycles. The molecule has 0 aliphatic rings. The number of hydrogen-bond donors (Lipinski definition) is 1. The highest BCUT2D eigenvalue weighted by molar-refractivity contribution is 5.19. The fraction of sp³-hybridized carbons (Fsp3) is 0.273. The Balaban J connectivity index is 1.94. The van der Waals surface area contributed by atoms with Crippen molar-refractivity contribution in [2.45, 2.75) is 20.1 Å². The van der Waals surface area contributed by atoms with E-state index in [-0.39, 0.29) is 6.61 Å². The Labute approximate surface area is 92.7 Å². The van der Waals surface area contributed by atoms with E-state index in [0.717, 1.165) is 5.69 Å². The topological polar surface area (TPSA) is 68.4 Å². The van der Waals surface area contributed by atoms with Gasteiger partial charge in [-0.15, -0.1) is 0 Å². The largest absolute Gasteiger partial charge is 0.484 e. The second-order valence-electron chi connectivity index (χ2n) is 3.37. The summed E-state index contributed by atoms with van der Waals surface area (Å²) in [5.41, 5.74) is 1.44. The van der Waals surface area contributed by atoms with Crippen molar-refractivity contribution in [2.24, 2.45) is 0 Å². The lowest BCUT2D eigenvalue weighted by Gasteiger charge is -2.03. The molecule has 0 aromatic carbocycles. The molecule has 2 rings (SSSR count). The fourth-order valence-corrected chi connectivity index (χ4v) is 1.23. The van der Waals surface area contributed by atoms with Crippen LogP contribution in [0.4, 0.5) is 0 Å². The van der Waals surface area contributed by atoms with Crippen molar-refractivity contribution in [3.8, 4) is 5.75 Å². The van der Waals surface area contributed by atoms with Crippen molar-refractivity contribution in [1.82, 2.24) is 10.1 Å². The Bertz CT molecular complexity index is 451. The number of hydrogen-bond acceptors (Lipinski definition) is 5. The molecule has 5 heteroatoms. The van der Waals surface area contributed by atoms with Gasteiger partial charge in [0.05, 0.1) is 24.2 Å². The summed E-state index contributed by atoms with van der Waals surface area (Å²) >= 11 is 0. The van der Waals surface area contributed by atoms with Crippen LogP contribution in [0.2, 0.25) is 0 Å². The van der Waals surface area contributed by atoms with Gasteiger partial charge in [0.25, 0.3) is 0 Å². The van der Waals surface area contributed by atoms with Crippen LogP contribution in [0.5, 0.6) is 5.75 Å².